The van der Waals surface area contributed by atoms with E-state index in [4.69, 9.17) is 0 Å². The Labute approximate surface area is 155 Å². The van der Waals surface area contributed by atoms with E-state index in [9.17, 15) is 9.59 Å². The van der Waals surface area contributed by atoms with Crippen molar-refractivity contribution in [2.45, 2.75) is 25.7 Å². The van der Waals surface area contributed by atoms with Gasteiger partial charge in [-0.3, -0.25) is 9.59 Å². The first-order valence-corrected chi connectivity index (χ1v) is 8.94. The molecule has 1 amide bonds. The number of hydrogen-bond donors (Lipinski definition) is 1. The highest BCUT2D eigenvalue weighted by Gasteiger charge is 2.14. The van der Waals surface area contributed by atoms with E-state index in [-0.39, 0.29) is 17.4 Å². The van der Waals surface area contributed by atoms with Gasteiger partial charge >= 0.3 is 0 Å². The summed E-state index contributed by atoms with van der Waals surface area (Å²) in [5.41, 5.74) is 2.68. The monoisotopic (exact) mass is 353 g/mol. The quantitative estimate of drug-likeness (QED) is 0.556. The second-order valence-electron chi connectivity index (χ2n) is 6.66. The van der Waals surface area contributed by atoms with Crippen LogP contribution in [0, 0.1) is 0 Å². The summed E-state index contributed by atoms with van der Waals surface area (Å²) in [7, 11) is 5.61. The Morgan fingerprint density at radius 2 is 1.81 bits per heavy atom. The number of hydrogen-bond acceptors (Lipinski definition) is 4. The predicted octanol–water partition coefficient (Wildman–Crippen LogP) is 2.95. The van der Waals surface area contributed by atoms with Crippen molar-refractivity contribution in [2.75, 3.05) is 27.7 Å². The molecule has 0 radical (unpaired) electrons. The van der Waals surface area contributed by atoms with Crippen LogP contribution in [0.1, 0.15) is 51.4 Å². The van der Waals surface area contributed by atoms with Crippen LogP contribution in [0.4, 0.5) is 0 Å². The summed E-state index contributed by atoms with van der Waals surface area (Å²) in [6.45, 7) is 0.965. The molecular weight excluding hydrogens is 326 g/mol. The average molecular weight is 353 g/mol. The number of rotatable bonds is 9. The van der Waals surface area contributed by atoms with Crippen molar-refractivity contribution >= 4 is 11.7 Å². The number of unbranched alkanes of at least 4 members (excludes halogenated alkanes) is 1. The first-order valence-electron chi connectivity index (χ1n) is 8.94. The molecule has 0 spiro atoms. The first kappa shape index (κ1) is 19.8. The molecular formula is C21H27N3O2. The summed E-state index contributed by atoms with van der Waals surface area (Å²) in [6.07, 6.45) is 2.88. The number of ketones is 1. The van der Waals surface area contributed by atoms with Crippen LogP contribution in [-0.2, 0) is 6.42 Å². The van der Waals surface area contributed by atoms with Crippen molar-refractivity contribution in [1.82, 2.24) is 15.2 Å². The zero-order valence-electron chi connectivity index (χ0n) is 15.8. The number of nitrogens with zero attached hydrogens (tertiary/aromatic N) is 2. The van der Waals surface area contributed by atoms with E-state index in [0.29, 0.717) is 18.4 Å². The van der Waals surface area contributed by atoms with Crippen LogP contribution < -0.4 is 5.32 Å². The Morgan fingerprint density at radius 3 is 2.46 bits per heavy atom. The van der Waals surface area contributed by atoms with Crippen molar-refractivity contribution in [3.8, 4) is 0 Å². The highest BCUT2D eigenvalue weighted by molar-refractivity contribution is 5.99. The maximum atomic E-state index is 12.6. The summed E-state index contributed by atoms with van der Waals surface area (Å²) < 4.78 is 0. The van der Waals surface area contributed by atoms with E-state index in [1.807, 2.05) is 50.5 Å². The van der Waals surface area contributed by atoms with Crippen LogP contribution in [0.25, 0.3) is 0 Å². The second-order valence-corrected chi connectivity index (χ2v) is 6.66. The number of pyridine rings is 1. The fraction of sp³-hybridized carbons (Fsp3) is 0.381. The molecule has 2 rings (SSSR count). The van der Waals surface area contributed by atoms with Crippen molar-refractivity contribution in [3.05, 3.63) is 65.0 Å². The van der Waals surface area contributed by atoms with E-state index in [1.54, 1.807) is 13.1 Å². The third-order valence-electron chi connectivity index (χ3n) is 4.15. The topological polar surface area (TPSA) is 62.3 Å². The molecule has 0 bridgehead atoms. The third kappa shape index (κ3) is 6.08. The number of benzene rings is 1. The third-order valence-corrected chi connectivity index (χ3v) is 4.15. The fourth-order valence-corrected chi connectivity index (χ4v) is 2.75. The molecule has 0 aliphatic heterocycles. The fourth-order valence-electron chi connectivity index (χ4n) is 2.75. The van der Waals surface area contributed by atoms with Gasteiger partial charge in [-0.05, 0) is 51.2 Å². The standard InChI is InChI=1S/C21H27N3O2/c1-22-21(26)19-15-17(20(25)11-7-8-12-24(2)3)14-18(23-19)13-16-9-5-4-6-10-16/h4-6,9-10,14-15H,7-8,11-13H2,1-3H3,(H,22,26). The lowest BCUT2D eigenvalue weighted by atomic mass is 10.0. The summed E-state index contributed by atoms with van der Waals surface area (Å²) in [4.78, 5) is 31.2. The summed E-state index contributed by atoms with van der Waals surface area (Å²) in [5.74, 6) is -0.216. The van der Waals surface area contributed by atoms with Crippen LogP contribution in [0.5, 0.6) is 0 Å². The van der Waals surface area contributed by atoms with Crippen molar-refractivity contribution < 1.29 is 9.59 Å². The summed E-state index contributed by atoms with van der Waals surface area (Å²) in [6, 6.07) is 13.3. The number of aromatic nitrogens is 1. The molecule has 0 unspecified atom stereocenters. The molecule has 0 saturated carbocycles. The Morgan fingerprint density at radius 1 is 1.08 bits per heavy atom. The minimum absolute atomic E-state index is 0.0608. The predicted molar refractivity (Wildman–Crippen MR) is 104 cm³/mol. The number of nitrogens with one attached hydrogen (secondary N) is 1. The smallest absolute Gasteiger partial charge is 0.269 e. The Hall–Kier alpha value is -2.53. The van der Waals surface area contributed by atoms with Gasteiger partial charge in [-0.1, -0.05) is 30.3 Å². The Bertz CT molecular complexity index is 742. The summed E-state index contributed by atoms with van der Waals surface area (Å²) in [5, 5.41) is 2.59. The lowest BCUT2D eigenvalue weighted by molar-refractivity contribution is 0.0958. The van der Waals surface area contributed by atoms with Gasteiger partial charge in [0.25, 0.3) is 5.91 Å². The van der Waals surface area contributed by atoms with Gasteiger partial charge in [0, 0.05) is 31.1 Å². The minimum atomic E-state index is -0.276. The first-order chi connectivity index (χ1) is 12.5. The van der Waals surface area contributed by atoms with E-state index >= 15 is 0 Å². The number of Topliss-reactive ketones (excluding diaryl/α,β-unsaturated/α-hetero) is 1. The minimum Gasteiger partial charge on any atom is -0.354 e. The van der Waals surface area contributed by atoms with Gasteiger partial charge < -0.3 is 10.2 Å². The molecule has 0 fully saturated rings. The lowest BCUT2D eigenvalue weighted by Gasteiger charge is -2.10. The van der Waals surface area contributed by atoms with Crippen LogP contribution in [0.2, 0.25) is 0 Å². The SMILES string of the molecule is CNC(=O)c1cc(C(=O)CCCCN(C)C)cc(Cc2ccccc2)n1. The summed E-state index contributed by atoms with van der Waals surface area (Å²) >= 11 is 0. The van der Waals surface area contributed by atoms with Crippen LogP contribution >= 0.6 is 0 Å². The van der Waals surface area contributed by atoms with Gasteiger partial charge in [-0.2, -0.15) is 0 Å². The normalized spacial score (nSPS) is 10.8. The molecule has 1 heterocycles. The van der Waals surface area contributed by atoms with Gasteiger partial charge in [-0.15, -0.1) is 0 Å². The highest BCUT2D eigenvalue weighted by Crippen LogP contribution is 2.14. The van der Waals surface area contributed by atoms with Crippen molar-refractivity contribution in [2.24, 2.45) is 0 Å². The lowest BCUT2D eigenvalue weighted by Crippen LogP contribution is -2.20. The molecule has 1 N–H and O–H groups in total. The van der Waals surface area contributed by atoms with Gasteiger partial charge in [-0.25, -0.2) is 4.98 Å². The molecule has 138 valence electrons. The van der Waals surface area contributed by atoms with E-state index < -0.39 is 0 Å². The molecule has 5 heteroatoms. The number of carbonyl (C=O) groups is 2. The molecule has 1 aromatic heterocycles. The number of amides is 1. The number of carbonyl (C=O) groups excluding carboxylic acids is 2. The van der Waals surface area contributed by atoms with Gasteiger partial charge in [0.15, 0.2) is 5.78 Å². The molecule has 2 aromatic rings. The van der Waals surface area contributed by atoms with Crippen LogP contribution in [-0.4, -0.2) is 49.3 Å². The van der Waals surface area contributed by atoms with E-state index in [2.05, 4.69) is 15.2 Å². The molecule has 0 aliphatic rings. The molecule has 5 nitrogen and oxygen atoms in total. The van der Waals surface area contributed by atoms with Crippen molar-refractivity contribution in [1.29, 1.82) is 0 Å². The maximum absolute atomic E-state index is 12.6. The maximum Gasteiger partial charge on any atom is 0.269 e. The molecule has 0 aliphatic carbocycles. The van der Waals surface area contributed by atoms with E-state index in [1.165, 1.54) is 0 Å². The van der Waals surface area contributed by atoms with Crippen molar-refractivity contribution in [3.63, 3.8) is 0 Å². The second kappa shape index (κ2) is 9.82. The highest BCUT2D eigenvalue weighted by atomic mass is 16.1. The Kier molecular flexibility index (Phi) is 7.48. The van der Waals surface area contributed by atoms with Crippen LogP contribution in [0.15, 0.2) is 42.5 Å². The van der Waals surface area contributed by atoms with Gasteiger partial charge in [0.2, 0.25) is 0 Å². The van der Waals surface area contributed by atoms with E-state index in [0.717, 1.165) is 30.6 Å². The van der Waals surface area contributed by atoms with Gasteiger partial charge in [0.05, 0.1) is 0 Å². The van der Waals surface area contributed by atoms with Crippen LogP contribution in [0.3, 0.4) is 0 Å². The average Bonchev–Trinajstić information content (AvgIpc) is 2.64. The Balaban J connectivity index is 2.17. The molecule has 0 saturated heterocycles. The molecule has 0 atom stereocenters. The van der Waals surface area contributed by atoms with Gasteiger partial charge in [0.1, 0.15) is 5.69 Å². The molecule has 26 heavy (non-hydrogen) atoms. The molecule has 1 aromatic carbocycles. The largest absolute Gasteiger partial charge is 0.354 e. The zero-order valence-corrected chi connectivity index (χ0v) is 15.8. The zero-order chi connectivity index (χ0) is 18.9.